The van der Waals surface area contributed by atoms with Crippen LogP contribution in [0, 0.1) is 30.4 Å². The minimum Gasteiger partial charge on any atom is -0.393 e. The molecule has 1 saturated heterocycles. The van der Waals surface area contributed by atoms with Crippen molar-refractivity contribution < 1.29 is 33.1 Å². The van der Waals surface area contributed by atoms with E-state index in [1.807, 2.05) is 25.7 Å². The van der Waals surface area contributed by atoms with E-state index >= 15 is 0 Å². The molecule has 2 atom stereocenters. The van der Waals surface area contributed by atoms with Crippen molar-refractivity contribution in [3.8, 4) is 0 Å². The number of aliphatic hydroxyl groups is 1. The van der Waals surface area contributed by atoms with Crippen molar-refractivity contribution >= 4 is 23.5 Å². The normalized spacial score (nSPS) is 14.6. The third kappa shape index (κ3) is 14.4. The number of benzene rings is 2. The van der Waals surface area contributed by atoms with Crippen molar-refractivity contribution in [1.82, 2.24) is 15.1 Å². The third-order valence-corrected chi connectivity index (χ3v) is 9.94. The number of amides is 3. The first-order valence-corrected chi connectivity index (χ1v) is 19.3. The first-order chi connectivity index (χ1) is 24.9. The van der Waals surface area contributed by atoms with Gasteiger partial charge in [-0.2, -0.15) is 0 Å². The number of halogens is 2. The van der Waals surface area contributed by atoms with Gasteiger partial charge in [0, 0.05) is 69.2 Å². The summed E-state index contributed by atoms with van der Waals surface area (Å²) in [4.78, 5) is 55.9. The molecular weight excluding hydrogens is 666 g/mol. The number of piperidine rings is 1. The van der Waals surface area contributed by atoms with Crippen molar-refractivity contribution in [2.75, 3.05) is 39.3 Å². The molecule has 288 valence electrons. The summed E-state index contributed by atoms with van der Waals surface area (Å²) in [5, 5.41) is 14.2. The summed E-state index contributed by atoms with van der Waals surface area (Å²) in [5.74, 6) is -2.22. The van der Waals surface area contributed by atoms with Gasteiger partial charge < -0.3 is 26.0 Å². The first-order valence-electron chi connectivity index (χ1n) is 19.3. The van der Waals surface area contributed by atoms with Crippen molar-refractivity contribution in [2.24, 2.45) is 17.6 Å². The summed E-state index contributed by atoms with van der Waals surface area (Å²) in [6, 6.07) is 8.22. The number of hydrogen-bond acceptors (Lipinski definition) is 6. The highest BCUT2D eigenvalue weighted by Gasteiger charge is 2.26. The molecule has 1 fully saturated rings. The molecule has 0 unspecified atom stereocenters. The van der Waals surface area contributed by atoms with E-state index in [0.717, 1.165) is 56.6 Å². The highest BCUT2D eigenvalue weighted by molar-refractivity contribution is 6.01. The summed E-state index contributed by atoms with van der Waals surface area (Å²) in [6.45, 7) is 9.28. The van der Waals surface area contributed by atoms with E-state index in [1.165, 1.54) is 12.1 Å². The molecule has 0 radical (unpaired) electrons. The molecule has 9 nitrogen and oxygen atoms in total. The number of Topliss-reactive ketones (excluding diaryl/α,β-unsaturated/α-hetero) is 1. The van der Waals surface area contributed by atoms with Crippen molar-refractivity contribution in [2.45, 2.75) is 110 Å². The molecule has 2 aromatic rings. The van der Waals surface area contributed by atoms with Gasteiger partial charge in [-0.1, -0.05) is 20.3 Å². The van der Waals surface area contributed by atoms with E-state index in [2.05, 4.69) is 5.32 Å². The topological polar surface area (TPSA) is 133 Å². The Bertz CT molecular complexity index is 1440. The summed E-state index contributed by atoms with van der Waals surface area (Å²) in [7, 11) is 0. The Kier molecular flexibility index (Phi) is 18.4. The lowest BCUT2D eigenvalue weighted by Gasteiger charge is -2.32. The maximum Gasteiger partial charge on any atom is 0.253 e. The number of aryl methyl sites for hydroxylation is 1. The molecule has 1 aliphatic rings. The average molecular weight is 727 g/mol. The van der Waals surface area contributed by atoms with Gasteiger partial charge in [0.2, 0.25) is 11.8 Å². The lowest BCUT2D eigenvalue weighted by atomic mass is 9.86. The van der Waals surface area contributed by atoms with E-state index < -0.39 is 23.7 Å². The summed E-state index contributed by atoms with van der Waals surface area (Å²) in [6.07, 6.45) is 6.72. The van der Waals surface area contributed by atoms with Gasteiger partial charge in [-0.15, -0.1) is 0 Å². The van der Waals surface area contributed by atoms with E-state index in [-0.39, 0.29) is 49.3 Å². The molecule has 2 aromatic carbocycles. The molecule has 11 heteroatoms. The number of carbonyl (C=O) groups excluding carboxylic acids is 4. The van der Waals surface area contributed by atoms with Crippen LogP contribution >= 0.6 is 0 Å². The Balaban J connectivity index is 1.57. The number of nitrogens with zero attached hydrogens (tertiary/aromatic N) is 2. The van der Waals surface area contributed by atoms with Crippen LogP contribution in [-0.4, -0.2) is 83.8 Å². The number of likely N-dealkylation sites (tertiary alicyclic amines) is 1. The van der Waals surface area contributed by atoms with Crippen LogP contribution in [0.2, 0.25) is 0 Å². The second-order valence-electron chi connectivity index (χ2n) is 14.4. The molecule has 0 aromatic heterocycles. The molecule has 0 aliphatic carbocycles. The largest absolute Gasteiger partial charge is 0.393 e. The van der Waals surface area contributed by atoms with Gasteiger partial charge in [0.15, 0.2) is 5.78 Å². The molecule has 3 rings (SSSR count). The Hall–Kier alpha value is -3.70. The van der Waals surface area contributed by atoms with E-state index in [0.29, 0.717) is 74.6 Å². The molecule has 4 N–H and O–H groups in total. The predicted octanol–water partition coefficient (Wildman–Crippen LogP) is 6.37. The molecule has 0 spiro atoms. The average Bonchev–Trinajstić information content (AvgIpc) is 3.11. The molecule has 3 amide bonds. The van der Waals surface area contributed by atoms with E-state index in [1.54, 1.807) is 23.1 Å². The number of aliphatic hydroxyl groups excluding tert-OH is 1. The monoisotopic (exact) mass is 726 g/mol. The van der Waals surface area contributed by atoms with Gasteiger partial charge in [0.1, 0.15) is 11.6 Å². The van der Waals surface area contributed by atoms with Crippen molar-refractivity contribution in [1.29, 1.82) is 0 Å². The predicted molar refractivity (Wildman–Crippen MR) is 200 cm³/mol. The Morgan fingerprint density at radius 1 is 0.923 bits per heavy atom. The number of rotatable bonds is 22. The fraction of sp³-hybridized carbons (Fsp3) is 0.610. The lowest BCUT2D eigenvalue weighted by molar-refractivity contribution is -0.133. The molecule has 0 bridgehead atoms. The van der Waals surface area contributed by atoms with Crippen LogP contribution in [0.1, 0.15) is 123 Å². The first kappa shape index (κ1) is 42.7. The van der Waals surface area contributed by atoms with Gasteiger partial charge in [-0.05, 0) is 125 Å². The molecule has 1 heterocycles. The second-order valence-corrected chi connectivity index (χ2v) is 14.4. The van der Waals surface area contributed by atoms with Crippen LogP contribution in [0.15, 0.2) is 36.4 Å². The zero-order chi connectivity index (χ0) is 38.0. The zero-order valence-corrected chi connectivity index (χ0v) is 31.4. The van der Waals surface area contributed by atoms with Crippen LogP contribution in [-0.2, 0) is 16.0 Å². The van der Waals surface area contributed by atoms with Crippen LogP contribution in [0.4, 0.5) is 8.78 Å². The van der Waals surface area contributed by atoms with Crippen LogP contribution in [0.5, 0.6) is 0 Å². The minimum absolute atomic E-state index is 0.0445. The number of nitrogens with one attached hydrogen (secondary N) is 1. The van der Waals surface area contributed by atoms with Crippen molar-refractivity contribution in [3.63, 3.8) is 0 Å². The van der Waals surface area contributed by atoms with Gasteiger partial charge >= 0.3 is 0 Å². The van der Waals surface area contributed by atoms with Gasteiger partial charge in [0.05, 0.1) is 6.10 Å². The lowest BCUT2D eigenvalue weighted by Crippen LogP contribution is -2.38. The Morgan fingerprint density at radius 2 is 1.58 bits per heavy atom. The summed E-state index contributed by atoms with van der Waals surface area (Å²) >= 11 is 0. The maximum absolute atomic E-state index is 14.1. The fourth-order valence-electron chi connectivity index (χ4n) is 7.08. The summed E-state index contributed by atoms with van der Waals surface area (Å²) in [5.41, 5.74) is 7.36. The van der Waals surface area contributed by atoms with Crippen molar-refractivity contribution in [3.05, 3.63) is 70.3 Å². The van der Waals surface area contributed by atoms with Gasteiger partial charge in [-0.25, -0.2) is 8.78 Å². The van der Waals surface area contributed by atoms with Gasteiger partial charge in [-0.3, -0.25) is 19.2 Å². The van der Waals surface area contributed by atoms with Crippen LogP contribution in [0.25, 0.3) is 0 Å². The Morgan fingerprint density at radius 3 is 2.21 bits per heavy atom. The number of carbonyl (C=O) groups is 4. The smallest absolute Gasteiger partial charge is 0.253 e. The number of hydrogen-bond donors (Lipinski definition) is 3. The minimum atomic E-state index is -1.05. The number of unbranched alkanes of at least 4 members (excludes halogenated alkanes) is 2. The molecule has 0 saturated carbocycles. The van der Waals surface area contributed by atoms with Crippen LogP contribution < -0.4 is 11.1 Å². The van der Waals surface area contributed by atoms with Crippen LogP contribution in [0.3, 0.4) is 0 Å². The molecule has 52 heavy (non-hydrogen) atoms. The third-order valence-electron chi connectivity index (χ3n) is 9.94. The maximum atomic E-state index is 14.1. The SMILES string of the molecule is CCCN(CCC)C(=O)c1cc(C)cc(C(=O)C[C@@H](Cc2cc(F)cc(F)c2)[C@@H](O)CCNC(=O)CCC2CCN(C(=O)CCCCCN)CC2)c1. The number of nitrogens with two attached hydrogens (primary N) is 1. The quantitative estimate of drug-likeness (QED) is 0.0955. The van der Waals surface area contributed by atoms with E-state index in [9.17, 15) is 33.1 Å². The Labute approximate surface area is 308 Å². The molecule has 1 aliphatic heterocycles. The standard InChI is InChI=1S/C41H60F2N4O5/c1-4-17-47(18-5-2)41(52)34-22-29(3)21-32(26-34)38(49)27-33(23-31-24-35(42)28-36(43)25-31)37(48)12-16-45-39(50)11-10-30-13-19-46(20-14-30)40(51)9-7-6-8-15-44/h21-22,24-26,28,30,33,37,48H,4-20,23,27,44H2,1-3H3,(H,45,50)/t33-,37+/m1/s1. The zero-order valence-electron chi connectivity index (χ0n) is 31.4. The highest BCUT2D eigenvalue weighted by Crippen LogP contribution is 2.25. The number of ketones is 1. The van der Waals surface area contributed by atoms with E-state index in [4.69, 9.17) is 5.73 Å². The second kappa shape index (κ2) is 22.4. The highest BCUT2D eigenvalue weighted by atomic mass is 19.1. The van der Waals surface area contributed by atoms with Gasteiger partial charge in [0.25, 0.3) is 5.91 Å². The molecular formula is C41H60F2N4O5. The fourth-order valence-corrected chi connectivity index (χ4v) is 7.08. The summed E-state index contributed by atoms with van der Waals surface area (Å²) < 4.78 is 28.2.